The molecule has 1 aromatic carbocycles. The first-order valence-electron chi connectivity index (χ1n) is 6.31. The minimum absolute atomic E-state index is 0.267. The van der Waals surface area contributed by atoms with Crippen LogP contribution in [-0.4, -0.2) is 13.7 Å². The van der Waals surface area contributed by atoms with Crippen molar-refractivity contribution in [1.29, 1.82) is 0 Å². The minimum atomic E-state index is -3.29. The minimum Gasteiger partial charge on any atom is -0.398 e. The molecule has 18 heavy (non-hydrogen) atoms. The van der Waals surface area contributed by atoms with Gasteiger partial charge in [0.25, 0.3) is 0 Å². The van der Waals surface area contributed by atoms with Gasteiger partial charge in [-0.1, -0.05) is 41.6 Å². The first kappa shape index (κ1) is 13.9. The van der Waals surface area contributed by atoms with Gasteiger partial charge in [-0.2, -0.15) is 0 Å². The normalized spacial score (nSPS) is 18.5. The van der Waals surface area contributed by atoms with Gasteiger partial charge in [-0.25, -0.2) is 8.42 Å². The molecular formula is C13H18BrNO2S. The van der Waals surface area contributed by atoms with Gasteiger partial charge in [0.2, 0.25) is 0 Å². The Kier molecular flexibility index (Phi) is 4.33. The number of hydrogen-bond donors (Lipinski definition) is 1. The molecular weight excluding hydrogens is 314 g/mol. The Balaban J connectivity index is 2.37. The average molecular weight is 332 g/mol. The largest absolute Gasteiger partial charge is 0.398 e. The molecule has 1 fully saturated rings. The Morgan fingerprint density at radius 2 is 1.72 bits per heavy atom. The molecule has 0 heterocycles. The molecule has 3 nitrogen and oxygen atoms in total. The molecule has 0 unspecified atom stereocenters. The molecule has 0 spiro atoms. The van der Waals surface area contributed by atoms with E-state index in [1.54, 1.807) is 18.2 Å². The van der Waals surface area contributed by atoms with Gasteiger partial charge in [-0.3, -0.25) is 0 Å². The highest BCUT2D eigenvalue weighted by Gasteiger charge is 2.29. The van der Waals surface area contributed by atoms with Crippen molar-refractivity contribution in [2.75, 3.05) is 5.73 Å². The monoisotopic (exact) mass is 331 g/mol. The maximum absolute atomic E-state index is 12.6. The van der Waals surface area contributed by atoms with Crippen LogP contribution in [0.2, 0.25) is 0 Å². The number of halogens is 1. The van der Waals surface area contributed by atoms with E-state index in [4.69, 9.17) is 5.73 Å². The van der Waals surface area contributed by atoms with Crippen LogP contribution in [0, 0.1) is 0 Å². The second-order valence-corrected chi connectivity index (χ2v) is 7.95. The van der Waals surface area contributed by atoms with E-state index in [1.807, 2.05) is 0 Å². The smallest absolute Gasteiger partial charge is 0.183 e. The number of hydrogen-bond acceptors (Lipinski definition) is 3. The first-order valence-corrected chi connectivity index (χ1v) is 8.64. The molecule has 2 rings (SSSR count). The van der Waals surface area contributed by atoms with Gasteiger partial charge in [0.15, 0.2) is 9.84 Å². The summed E-state index contributed by atoms with van der Waals surface area (Å²) in [6, 6.07) is 5.03. The van der Waals surface area contributed by atoms with Gasteiger partial charge < -0.3 is 5.73 Å². The van der Waals surface area contributed by atoms with Crippen molar-refractivity contribution in [3.63, 3.8) is 0 Å². The third kappa shape index (κ3) is 2.88. The van der Waals surface area contributed by atoms with Gasteiger partial charge in [0.1, 0.15) is 0 Å². The SMILES string of the molecule is Nc1ccc(Br)cc1S(=O)(=O)C1CCCCCC1. The number of sulfone groups is 1. The fourth-order valence-electron chi connectivity index (χ4n) is 2.49. The van der Waals surface area contributed by atoms with Crippen molar-refractivity contribution in [1.82, 2.24) is 0 Å². The third-order valence-electron chi connectivity index (χ3n) is 3.52. The number of nitrogen functional groups attached to an aromatic ring is 1. The zero-order chi connectivity index (χ0) is 13.2. The summed E-state index contributed by atoms with van der Waals surface area (Å²) in [5.74, 6) is 0. The predicted octanol–water partition coefficient (Wildman–Crippen LogP) is 3.53. The topological polar surface area (TPSA) is 60.2 Å². The van der Waals surface area contributed by atoms with E-state index in [2.05, 4.69) is 15.9 Å². The van der Waals surface area contributed by atoms with Gasteiger partial charge in [0.05, 0.1) is 15.8 Å². The molecule has 0 atom stereocenters. The molecule has 1 aliphatic rings. The second-order valence-electron chi connectivity index (χ2n) is 4.84. The molecule has 2 N–H and O–H groups in total. The van der Waals surface area contributed by atoms with Crippen molar-refractivity contribution >= 4 is 31.5 Å². The fraction of sp³-hybridized carbons (Fsp3) is 0.538. The van der Waals surface area contributed by atoms with Crippen LogP contribution < -0.4 is 5.73 Å². The first-order chi connectivity index (χ1) is 8.51. The van der Waals surface area contributed by atoms with Gasteiger partial charge >= 0.3 is 0 Å². The van der Waals surface area contributed by atoms with E-state index < -0.39 is 9.84 Å². The van der Waals surface area contributed by atoms with E-state index in [-0.39, 0.29) is 10.1 Å². The standard InChI is InChI=1S/C13H18BrNO2S/c14-10-7-8-12(15)13(9-10)18(16,17)11-5-3-1-2-4-6-11/h7-9,11H,1-6,15H2. The fourth-order valence-corrected chi connectivity index (χ4v) is 5.00. The summed E-state index contributed by atoms with van der Waals surface area (Å²) in [5.41, 5.74) is 6.17. The van der Waals surface area contributed by atoms with E-state index in [1.165, 1.54) is 0 Å². The highest BCUT2D eigenvalue weighted by atomic mass is 79.9. The lowest BCUT2D eigenvalue weighted by Crippen LogP contribution is -2.21. The quantitative estimate of drug-likeness (QED) is 0.666. The lowest BCUT2D eigenvalue weighted by molar-refractivity contribution is 0.563. The number of benzene rings is 1. The summed E-state index contributed by atoms with van der Waals surface area (Å²) in [4.78, 5) is 0.281. The van der Waals surface area contributed by atoms with Gasteiger partial charge in [-0.15, -0.1) is 0 Å². The molecule has 0 aliphatic heterocycles. The summed E-state index contributed by atoms with van der Waals surface area (Å²) in [5, 5.41) is -0.267. The third-order valence-corrected chi connectivity index (χ3v) is 6.33. The van der Waals surface area contributed by atoms with Crippen LogP contribution in [0.15, 0.2) is 27.6 Å². The summed E-state index contributed by atoms with van der Waals surface area (Å²) in [6.45, 7) is 0. The Hall–Kier alpha value is -0.550. The van der Waals surface area contributed by atoms with E-state index in [0.29, 0.717) is 5.69 Å². The Morgan fingerprint density at radius 3 is 2.33 bits per heavy atom. The highest BCUT2D eigenvalue weighted by molar-refractivity contribution is 9.10. The molecule has 1 saturated carbocycles. The average Bonchev–Trinajstić information content (AvgIpc) is 2.61. The van der Waals surface area contributed by atoms with Crippen molar-refractivity contribution < 1.29 is 8.42 Å². The summed E-state index contributed by atoms with van der Waals surface area (Å²) in [6.07, 6.45) is 5.79. The molecule has 0 bridgehead atoms. The number of anilines is 1. The Bertz CT molecular complexity index is 520. The molecule has 100 valence electrons. The molecule has 0 amide bonds. The number of rotatable bonds is 2. The summed E-state index contributed by atoms with van der Waals surface area (Å²) < 4.78 is 26.0. The van der Waals surface area contributed by atoms with Crippen molar-refractivity contribution in [2.45, 2.75) is 48.7 Å². The van der Waals surface area contributed by atoms with Crippen LogP contribution >= 0.6 is 15.9 Å². The zero-order valence-corrected chi connectivity index (χ0v) is 12.6. The lowest BCUT2D eigenvalue weighted by atomic mass is 10.2. The molecule has 0 aromatic heterocycles. The summed E-state index contributed by atoms with van der Waals surface area (Å²) in [7, 11) is -3.29. The van der Waals surface area contributed by atoms with Gasteiger partial charge in [-0.05, 0) is 31.0 Å². The maximum Gasteiger partial charge on any atom is 0.183 e. The molecule has 1 aromatic rings. The molecule has 1 aliphatic carbocycles. The van der Waals surface area contributed by atoms with Crippen LogP contribution in [0.4, 0.5) is 5.69 Å². The highest BCUT2D eigenvalue weighted by Crippen LogP contribution is 2.32. The van der Waals surface area contributed by atoms with Crippen molar-refractivity contribution in [3.05, 3.63) is 22.7 Å². The van der Waals surface area contributed by atoms with Crippen LogP contribution in [-0.2, 0) is 9.84 Å². The summed E-state index contributed by atoms with van der Waals surface area (Å²) >= 11 is 3.31. The number of nitrogens with two attached hydrogens (primary N) is 1. The molecule has 5 heteroatoms. The van der Waals surface area contributed by atoms with Crippen molar-refractivity contribution in [3.8, 4) is 0 Å². The zero-order valence-electron chi connectivity index (χ0n) is 10.2. The Morgan fingerprint density at radius 1 is 1.11 bits per heavy atom. The van der Waals surface area contributed by atoms with Crippen LogP contribution in [0.25, 0.3) is 0 Å². The van der Waals surface area contributed by atoms with Crippen LogP contribution in [0.3, 0.4) is 0 Å². The predicted molar refractivity (Wildman–Crippen MR) is 77.2 cm³/mol. The lowest BCUT2D eigenvalue weighted by Gasteiger charge is -2.16. The van der Waals surface area contributed by atoms with Crippen LogP contribution in [0.1, 0.15) is 38.5 Å². The molecule has 0 radical (unpaired) electrons. The van der Waals surface area contributed by atoms with Gasteiger partial charge in [0, 0.05) is 4.47 Å². The molecule has 0 saturated heterocycles. The van der Waals surface area contributed by atoms with E-state index >= 15 is 0 Å². The van der Waals surface area contributed by atoms with Crippen LogP contribution in [0.5, 0.6) is 0 Å². The van der Waals surface area contributed by atoms with E-state index in [9.17, 15) is 8.42 Å². The maximum atomic E-state index is 12.6. The van der Waals surface area contributed by atoms with Crippen molar-refractivity contribution in [2.24, 2.45) is 0 Å². The Labute approximate surface area is 117 Å². The van der Waals surface area contributed by atoms with E-state index in [0.717, 1.165) is 43.0 Å². The second kappa shape index (κ2) is 5.61.